The van der Waals surface area contributed by atoms with E-state index in [9.17, 15) is 14.4 Å². The third-order valence-electron chi connectivity index (χ3n) is 3.86. The summed E-state index contributed by atoms with van der Waals surface area (Å²) in [5, 5.41) is 4.53. The second-order valence-electron chi connectivity index (χ2n) is 5.74. The van der Waals surface area contributed by atoms with Gasteiger partial charge >= 0.3 is 5.97 Å². The van der Waals surface area contributed by atoms with E-state index in [0.29, 0.717) is 27.4 Å². The fraction of sp³-hybridized carbons (Fsp3) is 0.0952. The van der Waals surface area contributed by atoms with E-state index in [0.717, 1.165) is 0 Å². The molecule has 0 aliphatic carbocycles. The number of thiophene rings is 1. The molecule has 0 saturated carbocycles. The third kappa shape index (κ3) is 4.83. The molecule has 0 fully saturated rings. The maximum atomic E-state index is 12.2. The molecule has 2 aromatic carbocycles. The molecule has 0 atom stereocenters. The van der Waals surface area contributed by atoms with Crippen LogP contribution < -0.4 is 10.1 Å². The first-order valence-electron chi connectivity index (χ1n) is 8.36. The highest BCUT2D eigenvalue weighted by atomic mass is 32.1. The molecule has 0 aliphatic heterocycles. The van der Waals surface area contributed by atoms with Gasteiger partial charge < -0.3 is 14.8 Å². The van der Waals surface area contributed by atoms with Crippen LogP contribution >= 0.6 is 11.3 Å². The number of ketones is 1. The fourth-order valence-electron chi connectivity index (χ4n) is 2.36. The van der Waals surface area contributed by atoms with Crippen molar-refractivity contribution >= 4 is 34.7 Å². The molecule has 1 aromatic heterocycles. The number of ether oxygens (including phenoxy) is 2. The van der Waals surface area contributed by atoms with Crippen molar-refractivity contribution in [2.75, 3.05) is 19.0 Å². The number of rotatable bonds is 7. The first-order chi connectivity index (χ1) is 13.6. The number of Topliss-reactive ketones (excluding diaryl/α,β-unsaturated/α-hetero) is 1. The number of carbonyl (C=O) groups excluding carboxylic acids is 3. The Morgan fingerprint density at radius 3 is 2.21 bits per heavy atom. The van der Waals surface area contributed by atoms with E-state index in [2.05, 4.69) is 5.32 Å². The van der Waals surface area contributed by atoms with Crippen LogP contribution in [-0.4, -0.2) is 31.4 Å². The number of hydrogen-bond acceptors (Lipinski definition) is 6. The van der Waals surface area contributed by atoms with Gasteiger partial charge in [0.2, 0.25) is 5.78 Å². The number of amides is 1. The highest BCUT2D eigenvalue weighted by Gasteiger charge is 2.13. The minimum absolute atomic E-state index is 0.244. The zero-order valence-corrected chi connectivity index (χ0v) is 15.8. The number of methoxy groups -OCH3 is 1. The lowest BCUT2D eigenvalue weighted by atomic mass is 10.1. The molecule has 0 spiro atoms. The van der Waals surface area contributed by atoms with Crippen LogP contribution in [-0.2, 0) is 4.74 Å². The van der Waals surface area contributed by atoms with Gasteiger partial charge in [-0.2, -0.15) is 0 Å². The van der Waals surface area contributed by atoms with E-state index < -0.39 is 5.97 Å². The molecule has 7 heteroatoms. The number of nitrogens with one attached hydrogen (secondary N) is 1. The maximum Gasteiger partial charge on any atom is 0.338 e. The molecule has 0 saturated heterocycles. The van der Waals surface area contributed by atoms with E-state index in [4.69, 9.17) is 9.47 Å². The van der Waals surface area contributed by atoms with Crippen molar-refractivity contribution in [1.82, 2.24) is 0 Å². The van der Waals surface area contributed by atoms with Crippen LogP contribution in [0.3, 0.4) is 0 Å². The number of hydrogen-bond donors (Lipinski definition) is 1. The average Bonchev–Trinajstić information content (AvgIpc) is 3.27. The van der Waals surface area contributed by atoms with Crippen LogP contribution in [0.15, 0.2) is 66.0 Å². The van der Waals surface area contributed by atoms with E-state index >= 15 is 0 Å². The summed E-state index contributed by atoms with van der Waals surface area (Å²) in [5.41, 5.74) is 1.31. The molecule has 6 nitrogen and oxygen atoms in total. The Morgan fingerprint density at radius 1 is 0.929 bits per heavy atom. The topological polar surface area (TPSA) is 81.7 Å². The lowest BCUT2D eigenvalue weighted by Gasteiger charge is -2.07. The standard InChI is InChI=1S/C21H17NO5S/c1-26-17-10-6-14(7-11-17)20(24)22-16-8-4-15(5-9-16)21(25)27-13-18(23)19-3-2-12-28-19/h2-12H,13H2,1H3,(H,22,24). The summed E-state index contributed by atoms with van der Waals surface area (Å²) in [4.78, 5) is 36.7. The highest BCUT2D eigenvalue weighted by molar-refractivity contribution is 7.12. The van der Waals surface area contributed by atoms with Gasteiger partial charge in [-0.3, -0.25) is 9.59 Å². The molecule has 142 valence electrons. The lowest BCUT2D eigenvalue weighted by Crippen LogP contribution is -2.14. The van der Waals surface area contributed by atoms with Gasteiger partial charge in [0.05, 0.1) is 17.6 Å². The molecule has 0 unspecified atom stereocenters. The van der Waals surface area contributed by atoms with E-state index in [1.54, 1.807) is 61.0 Å². The Labute approximate surface area is 165 Å². The number of anilines is 1. The summed E-state index contributed by atoms with van der Waals surface area (Å²) in [6.07, 6.45) is 0. The molecule has 0 aliphatic rings. The van der Waals surface area contributed by atoms with E-state index in [1.807, 2.05) is 0 Å². The largest absolute Gasteiger partial charge is 0.497 e. The zero-order chi connectivity index (χ0) is 19.9. The second-order valence-corrected chi connectivity index (χ2v) is 6.68. The number of carbonyl (C=O) groups is 3. The first kappa shape index (κ1) is 19.3. The number of benzene rings is 2. The van der Waals surface area contributed by atoms with Crippen molar-refractivity contribution < 1.29 is 23.9 Å². The average molecular weight is 395 g/mol. The Hall–Kier alpha value is -3.45. The van der Waals surface area contributed by atoms with Crippen LogP contribution in [0.25, 0.3) is 0 Å². The van der Waals surface area contributed by atoms with Crippen molar-refractivity contribution in [1.29, 1.82) is 0 Å². The van der Waals surface area contributed by atoms with Gasteiger partial charge in [0.1, 0.15) is 5.75 Å². The molecule has 3 aromatic rings. The van der Waals surface area contributed by atoms with Crippen LogP contribution in [0.2, 0.25) is 0 Å². The normalized spacial score (nSPS) is 10.2. The van der Waals surface area contributed by atoms with Crippen LogP contribution in [0.1, 0.15) is 30.4 Å². The Balaban J connectivity index is 1.55. The first-order valence-corrected chi connectivity index (χ1v) is 9.24. The summed E-state index contributed by atoms with van der Waals surface area (Å²) in [7, 11) is 1.56. The van der Waals surface area contributed by atoms with Crippen LogP contribution in [0.4, 0.5) is 5.69 Å². The van der Waals surface area contributed by atoms with E-state index in [-0.39, 0.29) is 18.3 Å². The van der Waals surface area contributed by atoms with Gasteiger partial charge in [-0.25, -0.2) is 4.79 Å². The van der Waals surface area contributed by atoms with Crippen molar-refractivity contribution in [3.63, 3.8) is 0 Å². The monoisotopic (exact) mass is 395 g/mol. The minimum Gasteiger partial charge on any atom is -0.497 e. The van der Waals surface area contributed by atoms with Gasteiger partial charge in [-0.05, 0) is 60.0 Å². The maximum absolute atomic E-state index is 12.2. The summed E-state index contributed by atoms with van der Waals surface area (Å²) >= 11 is 1.30. The molecule has 1 heterocycles. The lowest BCUT2D eigenvalue weighted by molar-refractivity contribution is 0.0476. The molecule has 1 amide bonds. The summed E-state index contributed by atoms with van der Waals surface area (Å²) in [6.45, 7) is -0.310. The Bertz CT molecular complexity index is 963. The molecular formula is C21H17NO5S. The quantitative estimate of drug-likeness (QED) is 0.482. The van der Waals surface area contributed by atoms with Gasteiger partial charge in [0.15, 0.2) is 6.61 Å². The van der Waals surface area contributed by atoms with E-state index in [1.165, 1.54) is 23.5 Å². The van der Waals surface area contributed by atoms with Crippen LogP contribution in [0, 0.1) is 0 Å². The zero-order valence-electron chi connectivity index (χ0n) is 15.0. The predicted octanol–water partition coefficient (Wildman–Crippen LogP) is 4.05. The fourth-order valence-corrected chi connectivity index (χ4v) is 3.01. The molecule has 28 heavy (non-hydrogen) atoms. The molecule has 0 bridgehead atoms. The minimum atomic E-state index is -0.599. The van der Waals surface area contributed by atoms with Crippen molar-refractivity contribution in [3.8, 4) is 5.75 Å². The Kier molecular flexibility index (Phi) is 6.18. The SMILES string of the molecule is COc1ccc(C(=O)Nc2ccc(C(=O)OCC(=O)c3cccs3)cc2)cc1. The molecular weight excluding hydrogens is 378 g/mol. The molecule has 0 radical (unpaired) electrons. The van der Waals surface area contributed by atoms with Crippen molar-refractivity contribution in [2.45, 2.75) is 0 Å². The smallest absolute Gasteiger partial charge is 0.338 e. The van der Waals surface area contributed by atoms with Crippen molar-refractivity contribution in [3.05, 3.63) is 82.0 Å². The highest BCUT2D eigenvalue weighted by Crippen LogP contribution is 2.15. The van der Waals surface area contributed by atoms with Crippen LogP contribution in [0.5, 0.6) is 5.75 Å². The van der Waals surface area contributed by atoms with Gasteiger partial charge in [-0.1, -0.05) is 6.07 Å². The Morgan fingerprint density at radius 2 is 1.61 bits per heavy atom. The van der Waals surface area contributed by atoms with Gasteiger partial charge in [-0.15, -0.1) is 11.3 Å². The molecule has 1 N–H and O–H groups in total. The number of esters is 1. The molecule has 3 rings (SSSR count). The van der Waals surface area contributed by atoms with Gasteiger partial charge in [0, 0.05) is 11.3 Å². The summed E-state index contributed by atoms with van der Waals surface area (Å²) in [5.74, 6) is -0.457. The van der Waals surface area contributed by atoms with Gasteiger partial charge in [0.25, 0.3) is 5.91 Å². The summed E-state index contributed by atoms with van der Waals surface area (Å²) < 4.78 is 10.1. The predicted molar refractivity (Wildman–Crippen MR) is 106 cm³/mol. The second kappa shape index (κ2) is 8.96. The third-order valence-corrected chi connectivity index (χ3v) is 4.77. The van der Waals surface area contributed by atoms with Crippen molar-refractivity contribution in [2.24, 2.45) is 0 Å². The summed E-state index contributed by atoms with van der Waals surface area (Å²) in [6, 6.07) is 16.4.